The number of Topliss-reactive ketones (excluding diaryl/α,β-unsaturated/α-hetero) is 3. The average molecular weight is 570 g/mol. The quantitative estimate of drug-likeness (QED) is 0.173. The first kappa shape index (κ1) is 26.9. The highest BCUT2D eigenvalue weighted by atomic mass is 16.5. The Labute approximate surface area is 236 Å². The molecule has 3 aliphatic rings. The maximum Gasteiger partial charge on any atom is 0.260 e. The molecule has 11 heteroatoms. The van der Waals surface area contributed by atoms with Gasteiger partial charge in [0.05, 0.1) is 34.2 Å². The normalized spacial score (nSPS) is 19.3. The summed E-state index contributed by atoms with van der Waals surface area (Å²) in [4.78, 5) is 69.9. The van der Waals surface area contributed by atoms with Gasteiger partial charge in [0.15, 0.2) is 23.1 Å². The number of aromatic amines is 1. The molecular formula is C31H23NO10. The maximum absolute atomic E-state index is 14.1. The monoisotopic (exact) mass is 569 g/mol. The van der Waals surface area contributed by atoms with Gasteiger partial charge in [-0.2, -0.15) is 0 Å². The van der Waals surface area contributed by atoms with Crippen molar-refractivity contribution in [1.29, 1.82) is 0 Å². The molecule has 0 unspecified atom stereocenters. The van der Waals surface area contributed by atoms with Gasteiger partial charge in [-0.3, -0.25) is 24.0 Å². The summed E-state index contributed by atoms with van der Waals surface area (Å²) in [6, 6.07) is 3.25. The first-order valence-electron chi connectivity index (χ1n) is 13.1. The van der Waals surface area contributed by atoms with Gasteiger partial charge < -0.3 is 30.1 Å². The Morgan fingerprint density at radius 3 is 2.29 bits per heavy atom. The number of ketones is 4. The molecule has 1 aromatic heterocycles. The predicted molar refractivity (Wildman–Crippen MR) is 148 cm³/mol. The van der Waals surface area contributed by atoms with E-state index in [1.165, 1.54) is 0 Å². The molecule has 1 spiro atoms. The fraction of sp³-hybridized carbons (Fsp3) is 0.194. The topological polar surface area (TPSA) is 191 Å². The third-order valence-corrected chi connectivity index (χ3v) is 7.97. The number of hydrogen-bond donors (Lipinski definition) is 5. The fourth-order valence-electron chi connectivity index (χ4n) is 6.23. The average Bonchev–Trinajstić information content (AvgIpc) is 3.44. The number of ether oxygens (including phenoxy) is 1. The Morgan fingerprint density at radius 2 is 1.62 bits per heavy atom. The van der Waals surface area contributed by atoms with Gasteiger partial charge in [0, 0.05) is 17.3 Å². The van der Waals surface area contributed by atoms with E-state index in [9.17, 15) is 39.3 Å². The molecule has 0 radical (unpaired) electrons. The van der Waals surface area contributed by atoms with E-state index in [-0.39, 0.29) is 30.4 Å². The SMILES string of the molecule is C/C=C/C=C/c1cc2cc3c(c(O)c2c(=O)[nH]1)[C@@]1(CC3)C(=O)c2c(O)c3c(c(O)c2C1=O)C(=O)C(OCCO)=CC3=O. The number of H-pyrrole nitrogens is 1. The van der Waals surface area contributed by atoms with Crippen LogP contribution in [0, 0.1) is 0 Å². The highest BCUT2D eigenvalue weighted by molar-refractivity contribution is 6.38. The summed E-state index contributed by atoms with van der Waals surface area (Å²) in [6.45, 7) is 1.02. The molecule has 0 saturated carbocycles. The number of fused-ring (bicyclic) bond motifs is 5. The van der Waals surface area contributed by atoms with Crippen molar-refractivity contribution < 1.29 is 44.3 Å². The lowest BCUT2D eigenvalue weighted by molar-refractivity contribution is 0.0790. The number of aliphatic hydroxyl groups excluding tert-OH is 1. The van der Waals surface area contributed by atoms with Crippen molar-refractivity contribution in [3.63, 3.8) is 0 Å². The summed E-state index contributed by atoms with van der Waals surface area (Å²) in [5, 5.41) is 43.0. The number of phenolic OH excluding ortho intramolecular Hbond substituents is 3. The number of nitrogens with one attached hydrogen (secondary N) is 1. The van der Waals surface area contributed by atoms with Gasteiger partial charge in [-0.05, 0) is 42.9 Å². The van der Waals surface area contributed by atoms with Gasteiger partial charge >= 0.3 is 0 Å². The molecule has 3 aromatic rings. The van der Waals surface area contributed by atoms with Gasteiger partial charge in [-0.15, -0.1) is 0 Å². The number of allylic oxidation sites excluding steroid dienone is 5. The summed E-state index contributed by atoms with van der Waals surface area (Å²) >= 11 is 0. The fourth-order valence-corrected chi connectivity index (χ4v) is 6.23. The van der Waals surface area contributed by atoms with Crippen molar-refractivity contribution in [3.8, 4) is 17.2 Å². The third-order valence-electron chi connectivity index (χ3n) is 7.97. The van der Waals surface area contributed by atoms with E-state index in [4.69, 9.17) is 9.84 Å². The lowest BCUT2D eigenvalue weighted by atomic mass is 9.76. The molecule has 0 fully saturated rings. The van der Waals surface area contributed by atoms with Gasteiger partial charge in [-0.25, -0.2) is 0 Å². The number of aliphatic hydroxyl groups is 1. The first-order valence-corrected chi connectivity index (χ1v) is 13.1. The predicted octanol–water partition coefficient (Wildman–Crippen LogP) is 2.77. The van der Waals surface area contributed by atoms with Crippen molar-refractivity contribution in [2.45, 2.75) is 25.2 Å². The summed E-state index contributed by atoms with van der Waals surface area (Å²) in [7, 11) is 0. The van der Waals surface area contributed by atoms with Crippen molar-refractivity contribution in [2.75, 3.05) is 13.2 Å². The molecule has 0 saturated heterocycles. The smallest absolute Gasteiger partial charge is 0.260 e. The Hall–Kier alpha value is -5.29. The molecule has 2 aromatic carbocycles. The number of aromatic hydroxyl groups is 3. The Morgan fingerprint density at radius 1 is 0.929 bits per heavy atom. The number of aromatic nitrogens is 1. The zero-order chi connectivity index (χ0) is 30.1. The number of pyridine rings is 1. The Kier molecular flexibility index (Phi) is 6.01. The number of hydrogen-bond acceptors (Lipinski definition) is 10. The number of aryl methyl sites for hydroxylation is 1. The van der Waals surface area contributed by atoms with Gasteiger partial charge in [0.1, 0.15) is 29.3 Å². The van der Waals surface area contributed by atoms with Crippen molar-refractivity contribution in [3.05, 3.63) is 91.6 Å². The lowest BCUT2D eigenvalue weighted by Gasteiger charge is -2.22. The number of phenols is 3. The molecule has 42 heavy (non-hydrogen) atoms. The zero-order valence-electron chi connectivity index (χ0n) is 22.1. The number of benzene rings is 2. The summed E-state index contributed by atoms with van der Waals surface area (Å²) < 4.78 is 5.10. The molecule has 0 aliphatic heterocycles. The van der Waals surface area contributed by atoms with E-state index < -0.39 is 86.0 Å². The van der Waals surface area contributed by atoms with E-state index in [0.717, 1.165) is 6.08 Å². The van der Waals surface area contributed by atoms with E-state index in [2.05, 4.69) is 4.98 Å². The van der Waals surface area contributed by atoms with Crippen LogP contribution in [0.1, 0.15) is 71.6 Å². The molecule has 1 heterocycles. The second kappa shape index (κ2) is 9.38. The van der Waals surface area contributed by atoms with Gasteiger partial charge in [-0.1, -0.05) is 24.3 Å². The van der Waals surface area contributed by atoms with Crippen LogP contribution in [-0.2, 0) is 16.6 Å². The lowest BCUT2D eigenvalue weighted by Crippen LogP contribution is -2.36. The number of carbonyl (C=O) groups is 4. The molecule has 1 atom stereocenters. The van der Waals surface area contributed by atoms with E-state index in [1.54, 1.807) is 36.4 Å². The molecule has 3 aliphatic carbocycles. The van der Waals surface area contributed by atoms with Crippen LogP contribution >= 0.6 is 0 Å². The van der Waals surface area contributed by atoms with E-state index >= 15 is 0 Å². The number of carbonyl (C=O) groups excluding carboxylic acids is 4. The van der Waals surface area contributed by atoms with Crippen molar-refractivity contribution in [2.24, 2.45) is 0 Å². The van der Waals surface area contributed by atoms with Crippen LogP contribution in [0.4, 0.5) is 0 Å². The molecule has 212 valence electrons. The Bertz CT molecular complexity index is 1960. The molecule has 0 amide bonds. The van der Waals surface area contributed by atoms with Crippen LogP contribution in [0.25, 0.3) is 16.8 Å². The van der Waals surface area contributed by atoms with Crippen LogP contribution < -0.4 is 5.56 Å². The van der Waals surface area contributed by atoms with E-state index in [1.807, 2.05) is 6.92 Å². The van der Waals surface area contributed by atoms with Crippen LogP contribution in [0.3, 0.4) is 0 Å². The van der Waals surface area contributed by atoms with Crippen LogP contribution in [-0.4, -0.2) is 61.8 Å². The minimum Gasteiger partial charge on any atom is -0.507 e. The second-order valence-corrected chi connectivity index (χ2v) is 10.2. The highest BCUT2D eigenvalue weighted by Crippen LogP contribution is 2.57. The summed E-state index contributed by atoms with van der Waals surface area (Å²) in [5.41, 5.74) is -4.69. The maximum atomic E-state index is 14.1. The standard InChI is InChI=1S/C31H23NO10/c1-2-3-4-5-15-11-14-10-13-6-7-31(23(13)27(38)18(14)30(41)32-15)28(39)21-22(29(31)40)26(37)20-19(25(21)36)16(34)12-17(24(20)35)42-9-8-33/h2-5,10-12,33,36-38H,6-9H2,1H3,(H,32,41)/b3-2+,5-4+/t31-/m0/s1. The second-order valence-electron chi connectivity index (χ2n) is 10.2. The summed E-state index contributed by atoms with van der Waals surface area (Å²) in [5.74, 6) is -6.97. The number of rotatable bonds is 5. The molecule has 11 nitrogen and oxygen atoms in total. The zero-order valence-corrected chi connectivity index (χ0v) is 22.1. The van der Waals surface area contributed by atoms with Crippen molar-refractivity contribution in [1.82, 2.24) is 4.98 Å². The molecule has 0 bridgehead atoms. The molecule has 5 N–H and O–H groups in total. The minimum absolute atomic E-state index is 0.122. The first-order chi connectivity index (χ1) is 20.1. The van der Waals surface area contributed by atoms with Gasteiger partial charge in [0.25, 0.3) is 5.56 Å². The van der Waals surface area contributed by atoms with Crippen LogP contribution in [0.15, 0.2) is 47.0 Å². The Balaban J connectivity index is 1.55. The largest absolute Gasteiger partial charge is 0.507 e. The van der Waals surface area contributed by atoms with Gasteiger partial charge in [0.2, 0.25) is 5.78 Å². The minimum atomic E-state index is -2.11. The van der Waals surface area contributed by atoms with Crippen molar-refractivity contribution >= 4 is 40.0 Å². The third kappa shape index (κ3) is 3.40. The van der Waals surface area contributed by atoms with Crippen LogP contribution in [0.5, 0.6) is 17.2 Å². The van der Waals surface area contributed by atoms with E-state index in [0.29, 0.717) is 16.6 Å². The molecular weight excluding hydrogens is 546 g/mol. The van der Waals surface area contributed by atoms with Crippen LogP contribution in [0.2, 0.25) is 0 Å². The summed E-state index contributed by atoms with van der Waals surface area (Å²) in [6.07, 6.45) is 7.71. The molecule has 6 rings (SSSR count). The highest BCUT2D eigenvalue weighted by Gasteiger charge is 2.61.